The predicted octanol–water partition coefficient (Wildman–Crippen LogP) is 1.74. The van der Waals surface area contributed by atoms with E-state index in [1.807, 2.05) is 24.3 Å². The molecule has 3 heterocycles. The molecule has 3 rings (SSSR count). The summed E-state index contributed by atoms with van der Waals surface area (Å²) in [6.45, 7) is 3.06. The fourth-order valence-electron chi connectivity index (χ4n) is 2.28. The van der Waals surface area contributed by atoms with Gasteiger partial charge in [-0.05, 0) is 24.3 Å². The first-order valence-corrected chi connectivity index (χ1v) is 6.57. The monoisotopic (exact) mass is 275 g/mol. The van der Waals surface area contributed by atoms with Crippen LogP contribution >= 0.6 is 0 Å². The number of aromatic nitrogens is 2. The van der Waals surface area contributed by atoms with Gasteiger partial charge in [-0.1, -0.05) is 0 Å². The molecule has 6 nitrogen and oxygen atoms in total. The summed E-state index contributed by atoms with van der Waals surface area (Å²) in [5, 5.41) is 8.16. The van der Waals surface area contributed by atoms with E-state index in [2.05, 4.69) is 14.9 Å². The van der Waals surface area contributed by atoms with Crippen LogP contribution in [0.1, 0.15) is 14.1 Å². The Labute approximate surface area is 120 Å². The minimum absolute atomic E-state index is 0. The predicted molar refractivity (Wildman–Crippen MR) is 82.6 cm³/mol. The number of pyridine rings is 1. The van der Waals surface area contributed by atoms with Gasteiger partial charge in [-0.25, -0.2) is 4.98 Å². The van der Waals surface area contributed by atoms with Gasteiger partial charge in [0, 0.05) is 27.7 Å². The number of anilines is 2. The largest absolute Gasteiger partial charge is 0.383 e. The lowest BCUT2D eigenvalue weighted by molar-refractivity contribution is 0.122. The molecule has 0 amide bonds. The van der Waals surface area contributed by atoms with Gasteiger partial charge in [-0.2, -0.15) is 0 Å². The molecule has 2 aromatic rings. The van der Waals surface area contributed by atoms with Gasteiger partial charge in [0.2, 0.25) is 0 Å². The molecule has 2 aromatic heterocycles. The minimum atomic E-state index is 0. The van der Waals surface area contributed by atoms with Crippen molar-refractivity contribution in [3.05, 3.63) is 41.7 Å². The van der Waals surface area contributed by atoms with E-state index in [9.17, 15) is 0 Å². The summed E-state index contributed by atoms with van der Waals surface area (Å²) < 4.78 is 5.32. The summed E-state index contributed by atoms with van der Waals surface area (Å²) >= 11 is 0. The van der Waals surface area contributed by atoms with E-state index in [1.165, 1.54) is 0 Å². The van der Waals surface area contributed by atoms with Crippen LogP contribution in [0.4, 0.5) is 11.6 Å². The number of H-pyrrole nitrogens is 1. The fraction of sp³-hybridized carbons (Fsp3) is 0.286. The van der Waals surface area contributed by atoms with Crippen molar-refractivity contribution in [1.82, 2.24) is 9.97 Å². The highest BCUT2D eigenvalue weighted by molar-refractivity contribution is 6.12. The third-order valence-corrected chi connectivity index (χ3v) is 3.38. The second kappa shape index (κ2) is 5.34. The standard InChI is InChI=1S/C14H17N5O.2H2/c15-13(11-2-1-5-17-11)10-3-4-12(18-14(10)16)19-6-8-20-9-7-19;;/h1-5,15,17H,6-9H2,(H2,16,18);2*1H. The fourth-order valence-corrected chi connectivity index (χ4v) is 2.28. The maximum absolute atomic E-state index is 8.16. The van der Waals surface area contributed by atoms with Crippen LogP contribution < -0.4 is 10.6 Å². The first kappa shape index (κ1) is 12.7. The smallest absolute Gasteiger partial charge is 0.135 e. The van der Waals surface area contributed by atoms with Gasteiger partial charge >= 0.3 is 0 Å². The van der Waals surface area contributed by atoms with Crippen molar-refractivity contribution in [1.29, 1.82) is 5.41 Å². The third kappa shape index (κ3) is 2.37. The SMILES string of the molecule is N=C(c1ccc[nH]1)c1ccc(N2CCOCC2)nc1N.[HH].[HH]. The van der Waals surface area contributed by atoms with Gasteiger partial charge in [0.1, 0.15) is 11.6 Å². The number of nitrogens with two attached hydrogens (primary N) is 1. The van der Waals surface area contributed by atoms with E-state index in [1.54, 1.807) is 6.20 Å². The van der Waals surface area contributed by atoms with E-state index in [-0.39, 0.29) is 2.85 Å². The molecule has 0 bridgehead atoms. The molecular weight excluding hydrogens is 254 g/mol. The Morgan fingerprint density at radius 1 is 1.35 bits per heavy atom. The maximum Gasteiger partial charge on any atom is 0.135 e. The molecule has 1 aliphatic rings. The van der Waals surface area contributed by atoms with Gasteiger partial charge in [0.25, 0.3) is 0 Å². The molecule has 0 saturated carbocycles. The number of rotatable bonds is 3. The number of hydrogen-bond donors (Lipinski definition) is 3. The van der Waals surface area contributed by atoms with Gasteiger partial charge in [-0.3, -0.25) is 5.41 Å². The first-order chi connectivity index (χ1) is 9.75. The molecule has 1 aliphatic heterocycles. The molecule has 0 aliphatic carbocycles. The minimum Gasteiger partial charge on any atom is -0.383 e. The zero-order valence-electron chi connectivity index (χ0n) is 11.1. The second-order valence-electron chi connectivity index (χ2n) is 4.66. The lowest BCUT2D eigenvalue weighted by atomic mass is 10.1. The summed E-state index contributed by atoms with van der Waals surface area (Å²) in [5.41, 5.74) is 7.74. The van der Waals surface area contributed by atoms with Crippen molar-refractivity contribution in [2.45, 2.75) is 0 Å². The quantitative estimate of drug-likeness (QED) is 0.744. The van der Waals surface area contributed by atoms with Gasteiger partial charge < -0.3 is 20.4 Å². The summed E-state index contributed by atoms with van der Waals surface area (Å²) in [6.07, 6.45) is 1.79. The number of nitrogens with zero attached hydrogens (tertiary/aromatic N) is 2. The summed E-state index contributed by atoms with van der Waals surface area (Å²) in [6, 6.07) is 7.47. The van der Waals surface area contributed by atoms with Crippen LogP contribution in [0.15, 0.2) is 30.5 Å². The highest BCUT2D eigenvalue weighted by Crippen LogP contribution is 2.20. The lowest BCUT2D eigenvalue weighted by Crippen LogP contribution is -2.36. The van der Waals surface area contributed by atoms with Crippen LogP contribution in [0.2, 0.25) is 0 Å². The zero-order chi connectivity index (χ0) is 13.9. The van der Waals surface area contributed by atoms with E-state index < -0.39 is 0 Å². The van der Waals surface area contributed by atoms with E-state index in [0.717, 1.165) is 24.6 Å². The third-order valence-electron chi connectivity index (χ3n) is 3.38. The van der Waals surface area contributed by atoms with Crippen molar-refractivity contribution in [2.75, 3.05) is 36.9 Å². The normalized spacial score (nSPS) is 15.3. The highest BCUT2D eigenvalue weighted by atomic mass is 16.5. The molecule has 0 aromatic carbocycles. The number of hydrogen-bond acceptors (Lipinski definition) is 5. The van der Waals surface area contributed by atoms with Gasteiger partial charge in [0.05, 0.1) is 24.6 Å². The summed E-state index contributed by atoms with van der Waals surface area (Å²) in [7, 11) is 0. The average molecular weight is 275 g/mol. The number of aromatic amines is 1. The second-order valence-corrected chi connectivity index (χ2v) is 4.66. The van der Waals surface area contributed by atoms with Crippen LogP contribution in [-0.4, -0.2) is 42.0 Å². The topological polar surface area (TPSA) is 91.0 Å². The average Bonchev–Trinajstić information content (AvgIpc) is 3.01. The molecule has 20 heavy (non-hydrogen) atoms. The Morgan fingerprint density at radius 3 is 2.80 bits per heavy atom. The molecule has 0 atom stereocenters. The molecular formula is C14H21N5O. The lowest BCUT2D eigenvalue weighted by Gasteiger charge is -2.28. The molecule has 1 fully saturated rings. The molecule has 108 valence electrons. The Bertz CT molecular complexity index is 612. The molecule has 0 radical (unpaired) electrons. The number of nitrogen functional groups attached to an aromatic ring is 1. The Kier molecular flexibility index (Phi) is 3.39. The molecule has 6 heteroatoms. The van der Waals surface area contributed by atoms with Crippen LogP contribution in [-0.2, 0) is 4.74 Å². The van der Waals surface area contributed by atoms with Crippen molar-refractivity contribution in [3.63, 3.8) is 0 Å². The van der Waals surface area contributed by atoms with Crippen molar-refractivity contribution < 1.29 is 7.59 Å². The van der Waals surface area contributed by atoms with Crippen LogP contribution in [0.25, 0.3) is 0 Å². The molecule has 0 unspecified atom stereocenters. The Balaban J connectivity index is 0.00000121. The summed E-state index contributed by atoms with van der Waals surface area (Å²) in [4.78, 5) is 9.57. The van der Waals surface area contributed by atoms with Crippen molar-refractivity contribution in [2.24, 2.45) is 0 Å². The van der Waals surface area contributed by atoms with Crippen LogP contribution in [0, 0.1) is 5.41 Å². The Hall–Kier alpha value is -2.34. The molecule has 4 N–H and O–H groups in total. The number of nitrogens with one attached hydrogen (secondary N) is 2. The number of morpholine rings is 1. The highest BCUT2D eigenvalue weighted by Gasteiger charge is 2.15. The van der Waals surface area contributed by atoms with E-state index >= 15 is 0 Å². The van der Waals surface area contributed by atoms with Crippen LogP contribution in [0.3, 0.4) is 0 Å². The first-order valence-electron chi connectivity index (χ1n) is 6.57. The Morgan fingerprint density at radius 2 is 2.15 bits per heavy atom. The maximum atomic E-state index is 8.16. The molecule has 1 saturated heterocycles. The summed E-state index contributed by atoms with van der Waals surface area (Å²) in [5.74, 6) is 1.22. The van der Waals surface area contributed by atoms with Gasteiger partial charge in [0.15, 0.2) is 0 Å². The van der Waals surface area contributed by atoms with Crippen LogP contribution in [0.5, 0.6) is 0 Å². The van der Waals surface area contributed by atoms with Crippen molar-refractivity contribution >= 4 is 17.3 Å². The molecule has 0 spiro atoms. The van der Waals surface area contributed by atoms with E-state index in [4.69, 9.17) is 15.9 Å². The number of ether oxygens (including phenoxy) is 1. The van der Waals surface area contributed by atoms with E-state index in [0.29, 0.717) is 30.3 Å². The van der Waals surface area contributed by atoms with Gasteiger partial charge in [-0.15, -0.1) is 0 Å². The van der Waals surface area contributed by atoms with Crippen molar-refractivity contribution in [3.8, 4) is 0 Å². The zero-order valence-corrected chi connectivity index (χ0v) is 11.1.